The first-order valence-electron chi connectivity index (χ1n) is 11.1. The van der Waals surface area contributed by atoms with Gasteiger partial charge >= 0.3 is 18.1 Å². The number of aromatic amines is 1. The molecule has 1 fully saturated rings. The van der Waals surface area contributed by atoms with Crippen molar-refractivity contribution in [2.24, 2.45) is 0 Å². The highest BCUT2D eigenvalue weighted by Gasteiger charge is 2.30. The molecule has 0 aromatic carbocycles. The largest absolute Gasteiger partial charge is 0.542 e. The van der Waals surface area contributed by atoms with Crippen LogP contribution in [0.15, 0.2) is 0 Å². The average molecular weight is 508 g/mol. The number of hydrogen-bond donors (Lipinski definition) is 3. The van der Waals surface area contributed by atoms with Crippen LogP contribution in [0.25, 0.3) is 0 Å². The second-order valence-corrected chi connectivity index (χ2v) is 8.72. The molecule has 1 unspecified atom stereocenters. The van der Waals surface area contributed by atoms with Crippen molar-refractivity contribution in [2.45, 2.75) is 78.2 Å². The first kappa shape index (κ1) is 29.9. The van der Waals surface area contributed by atoms with Crippen molar-refractivity contribution < 1.29 is 52.2 Å². The smallest absolute Gasteiger partial charge is 0.430 e. The fourth-order valence-electron chi connectivity index (χ4n) is 3.34. The molecule has 13 heteroatoms. The molecule has 2 rings (SSSR count). The van der Waals surface area contributed by atoms with Crippen LogP contribution in [0.3, 0.4) is 0 Å². The molecule has 1 saturated heterocycles. The van der Waals surface area contributed by atoms with Gasteiger partial charge < -0.3 is 35.0 Å². The van der Waals surface area contributed by atoms with Gasteiger partial charge in [0.05, 0.1) is 30.5 Å². The Morgan fingerprint density at radius 2 is 1.74 bits per heavy atom. The van der Waals surface area contributed by atoms with Gasteiger partial charge in [-0.2, -0.15) is 13.2 Å². The molecule has 0 radical (unpaired) electrons. The highest BCUT2D eigenvalue weighted by atomic mass is 19.4. The summed E-state index contributed by atoms with van der Waals surface area (Å²) >= 11 is 0. The van der Waals surface area contributed by atoms with E-state index in [1.165, 1.54) is 0 Å². The molecule has 0 bridgehead atoms. The van der Waals surface area contributed by atoms with E-state index in [2.05, 4.69) is 10.3 Å². The van der Waals surface area contributed by atoms with Crippen LogP contribution in [-0.4, -0.2) is 59.8 Å². The zero-order chi connectivity index (χ0) is 27.0. The lowest BCUT2D eigenvalue weighted by Gasteiger charge is -2.19. The van der Waals surface area contributed by atoms with Crippen molar-refractivity contribution in [2.75, 3.05) is 13.2 Å². The van der Waals surface area contributed by atoms with Crippen molar-refractivity contribution in [3.63, 3.8) is 0 Å². The van der Waals surface area contributed by atoms with E-state index in [4.69, 9.17) is 19.4 Å². The minimum Gasteiger partial charge on any atom is -0.542 e. The van der Waals surface area contributed by atoms with E-state index >= 15 is 0 Å². The summed E-state index contributed by atoms with van der Waals surface area (Å²) in [6, 6.07) is 0.129. The zero-order valence-corrected chi connectivity index (χ0v) is 20.4. The summed E-state index contributed by atoms with van der Waals surface area (Å²) < 4.78 is 42.3. The molecule has 1 aliphatic heterocycles. The van der Waals surface area contributed by atoms with Gasteiger partial charge in [-0.1, -0.05) is 6.92 Å². The summed E-state index contributed by atoms with van der Waals surface area (Å²) in [5.41, 5.74) is 1.34. The first-order valence-corrected chi connectivity index (χ1v) is 11.1. The van der Waals surface area contributed by atoms with E-state index in [0.29, 0.717) is 48.4 Å². The molecule has 35 heavy (non-hydrogen) atoms. The Morgan fingerprint density at radius 1 is 1.14 bits per heavy atom. The van der Waals surface area contributed by atoms with E-state index < -0.39 is 29.7 Å². The van der Waals surface area contributed by atoms with Gasteiger partial charge in [0, 0.05) is 6.42 Å². The molecule has 1 aromatic heterocycles. The number of amides is 1. The summed E-state index contributed by atoms with van der Waals surface area (Å²) in [6.07, 6.45) is -3.33. The molecule has 4 N–H and O–H groups in total. The normalized spacial score (nSPS) is 15.7. The second kappa shape index (κ2) is 12.6. The SMILES string of the molecule is CCOC(=O)c1c(C[NH2+]CC2CCC(=O)N2)[nH]c(C(=O)OC(C)(C)C)c1CC.O=C([O-])C(F)(F)F. The molecular formula is C22H32F3N3O7. The molecule has 10 nitrogen and oxygen atoms in total. The van der Waals surface area contributed by atoms with Gasteiger partial charge in [0.25, 0.3) is 0 Å². The summed E-state index contributed by atoms with van der Waals surface area (Å²) in [6.45, 7) is 10.5. The van der Waals surface area contributed by atoms with Crippen molar-refractivity contribution >= 4 is 23.8 Å². The van der Waals surface area contributed by atoms with Gasteiger partial charge in [0.1, 0.15) is 23.8 Å². The van der Waals surface area contributed by atoms with Crippen LogP contribution >= 0.6 is 0 Å². The van der Waals surface area contributed by atoms with Crippen LogP contribution in [0, 0.1) is 0 Å². The lowest BCUT2D eigenvalue weighted by molar-refractivity contribution is -0.672. The van der Waals surface area contributed by atoms with E-state index in [0.717, 1.165) is 6.42 Å². The van der Waals surface area contributed by atoms with Crippen LogP contribution in [0.1, 0.15) is 79.6 Å². The quantitative estimate of drug-likeness (QED) is 0.429. The average Bonchev–Trinajstić information content (AvgIpc) is 3.30. The van der Waals surface area contributed by atoms with Crippen molar-refractivity contribution in [1.29, 1.82) is 0 Å². The number of nitrogens with two attached hydrogens (primary N) is 1. The summed E-state index contributed by atoms with van der Waals surface area (Å²) in [5, 5.41) is 13.7. The Hall–Kier alpha value is -3.09. The first-order chi connectivity index (χ1) is 16.1. The van der Waals surface area contributed by atoms with Gasteiger partial charge in [-0.3, -0.25) is 4.79 Å². The number of aliphatic carboxylic acids is 1. The summed E-state index contributed by atoms with van der Waals surface area (Å²) in [7, 11) is 0. The third-order valence-electron chi connectivity index (χ3n) is 4.73. The van der Waals surface area contributed by atoms with Gasteiger partial charge in [0.2, 0.25) is 5.91 Å². The van der Waals surface area contributed by atoms with Crippen LogP contribution < -0.4 is 15.7 Å². The van der Waals surface area contributed by atoms with Crippen molar-refractivity contribution in [3.8, 4) is 0 Å². The van der Waals surface area contributed by atoms with E-state index in [1.54, 1.807) is 27.7 Å². The van der Waals surface area contributed by atoms with Crippen molar-refractivity contribution in [1.82, 2.24) is 10.3 Å². The van der Waals surface area contributed by atoms with E-state index in [1.807, 2.05) is 12.2 Å². The fraction of sp³-hybridized carbons (Fsp3) is 0.636. The molecule has 0 saturated carbocycles. The number of ether oxygens (including phenoxy) is 2. The number of carboxylic acids is 1. The number of alkyl halides is 3. The van der Waals surface area contributed by atoms with Gasteiger partial charge in [0.15, 0.2) is 0 Å². The third kappa shape index (κ3) is 9.59. The predicted octanol–water partition coefficient (Wildman–Crippen LogP) is 0.350. The Kier molecular flexibility index (Phi) is 10.7. The molecule has 0 spiro atoms. The van der Waals surface area contributed by atoms with Crippen molar-refractivity contribution in [3.05, 3.63) is 22.5 Å². The number of nitrogens with one attached hydrogen (secondary N) is 2. The number of hydrogen-bond acceptors (Lipinski definition) is 7. The minimum atomic E-state index is -5.19. The summed E-state index contributed by atoms with van der Waals surface area (Å²) in [5.74, 6) is -3.86. The number of halogens is 3. The maximum absolute atomic E-state index is 12.6. The molecular weight excluding hydrogens is 475 g/mol. The number of carboxylic acid groups (broad SMARTS) is 1. The minimum absolute atomic E-state index is 0.0750. The molecule has 1 amide bonds. The maximum atomic E-state index is 12.6. The second-order valence-electron chi connectivity index (χ2n) is 8.72. The van der Waals surface area contributed by atoms with Crippen LogP contribution in [0.5, 0.6) is 0 Å². The Labute approximate surface area is 200 Å². The van der Waals surface area contributed by atoms with Gasteiger partial charge in [-0.15, -0.1) is 0 Å². The van der Waals surface area contributed by atoms with Gasteiger partial charge in [-0.25, -0.2) is 9.59 Å². The molecule has 0 aliphatic carbocycles. The topological polar surface area (TPSA) is 154 Å². The Bertz CT molecular complexity index is 921. The van der Waals surface area contributed by atoms with E-state index in [-0.39, 0.29) is 18.6 Å². The molecule has 2 heterocycles. The highest BCUT2D eigenvalue weighted by Crippen LogP contribution is 2.23. The number of rotatable bonds is 8. The highest BCUT2D eigenvalue weighted by molar-refractivity contribution is 5.98. The van der Waals surface area contributed by atoms with E-state index in [9.17, 15) is 27.6 Å². The molecule has 1 atom stereocenters. The fourth-order valence-corrected chi connectivity index (χ4v) is 3.34. The lowest BCUT2D eigenvalue weighted by Crippen LogP contribution is -2.85. The Balaban J connectivity index is 0.000000762. The number of carbonyl (C=O) groups excluding carboxylic acids is 4. The van der Waals surface area contributed by atoms with Crippen LogP contribution in [0.4, 0.5) is 13.2 Å². The summed E-state index contributed by atoms with van der Waals surface area (Å²) in [4.78, 5) is 48.4. The molecule has 1 aromatic rings. The van der Waals surface area contributed by atoms with Crippen LogP contribution in [0.2, 0.25) is 0 Å². The number of quaternary nitrogens is 1. The maximum Gasteiger partial charge on any atom is 0.430 e. The lowest BCUT2D eigenvalue weighted by atomic mass is 10.1. The number of esters is 2. The van der Waals surface area contributed by atoms with Crippen LogP contribution in [-0.2, 0) is 32.0 Å². The predicted molar refractivity (Wildman–Crippen MR) is 114 cm³/mol. The zero-order valence-electron chi connectivity index (χ0n) is 20.4. The standard InChI is InChI=1S/C20H31N3O5.C2HF3O2/c1-6-13-16(18(25)27-7-2)14(11-21-10-12-8-9-15(24)22-12)23-17(13)19(26)28-20(3,4)5;3-2(4,5)1(6)7/h12,21,23H,6-11H2,1-5H3,(H,22,24);(H,6,7). The Morgan fingerprint density at radius 3 is 2.17 bits per heavy atom. The third-order valence-corrected chi connectivity index (χ3v) is 4.73. The number of aromatic nitrogens is 1. The number of H-pyrrole nitrogens is 1. The van der Waals surface area contributed by atoms with Gasteiger partial charge in [-0.05, 0) is 46.1 Å². The monoisotopic (exact) mass is 507 g/mol. The molecule has 198 valence electrons. The number of carbonyl (C=O) groups is 4. The molecule has 1 aliphatic rings.